The van der Waals surface area contributed by atoms with E-state index in [-0.39, 0.29) is 17.8 Å². The van der Waals surface area contributed by atoms with Crippen molar-refractivity contribution in [3.05, 3.63) is 29.9 Å². The Kier molecular flexibility index (Phi) is 4.67. The molecule has 0 saturated heterocycles. The molecular weight excluding hydrogens is 270 g/mol. The fourth-order valence-corrected chi connectivity index (χ4v) is 2.09. The summed E-state index contributed by atoms with van der Waals surface area (Å²) in [6.07, 6.45) is 3.40. The van der Waals surface area contributed by atoms with Crippen molar-refractivity contribution < 1.29 is 14.1 Å². The second-order valence-electron chi connectivity index (χ2n) is 5.12. The van der Waals surface area contributed by atoms with Crippen LogP contribution >= 0.6 is 0 Å². The van der Waals surface area contributed by atoms with Crippen molar-refractivity contribution in [3.63, 3.8) is 0 Å². The molecule has 6 nitrogen and oxygen atoms in total. The highest BCUT2D eigenvalue weighted by atomic mass is 16.5. The van der Waals surface area contributed by atoms with Crippen molar-refractivity contribution in [2.45, 2.75) is 33.6 Å². The lowest BCUT2D eigenvalue weighted by atomic mass is 9.96. The molecule has 112 valence electrons. The average Bonchev–Trinajstić information content (AvgIpc) is 2.88. The molecule has 0 aliphatic heterocycles. The summed E-state index contributed by atoms with van der Waals surface area (Å²) in [7, 11) is 0. The molecule has 0 radical (unpaired) electrons. The van der Waals surface area contributed by atoms with E-state index in [1.54, 1.807) is 19.3 Å². The van der Waals surface area contributed by atoms with Gasteiger partial charge in [0.05, 0.1) is 6.61 Å². The van der Waals surface area contributed by atoms with Crippen molar-refractivity contribution in [2.24, 2.45) is 5.92 Å². The van der Waals surface area contributed by atoms with Crippen LogP contribution in [0.5, 0.6) is 0 Å². The molecule has 6 heteroatoms. The molecule has 0 spiro atoms. The quantitative estimate of drug-likeness (QED) is 0.787. The van der Waals surface area contributed by atoms with Crippen LogP contribution in [-0.4, -0.2) is 27.7 Å². The molecule has 0 N–H and O–H groups in total. The maximum Gasteiger partial charge on any atom is 0.318 e. The molecule has 0 amide bonds. The third kappa shape index (κ3) is 3.26. The van der Waals surface area contributed by atoms with Crippen LogP contribution in [0.2, 0.25) is 0 Å². The molecule has 0 aliphatic carbocycles. The fourth-order valence-electron chi connectivity index (χ4n) is 2.09. The molecule has 2 heterocycles. The number of carbonyl (C=O) groups excluding carboxylic acids is 1. The zero-order valence-corrected chi connectivity index (χ0v) is 12.7. The average molecular weight is 289 g/mol. The van der Waals surface area contributed by atoms with Gasteiger partial charge in [-0.3, -0.25) is 9.78 Å². The Bertz CT molecular complexity index is 622. The number of hydrogen-bond acceptors (Lipinski definition) is 6. The minimum absolute atomic E-state index is 0.0101. The summed E-state index contributed by atoms with van der Waals surface area (Å²) in [6, 6.07) is 1.82. The zero-order chi connectivity index (χ0) is 15.4. The number of pyridine rings is 1. The Morgan fingerprint density at radius 1 is 1.43 bits per heavy atom. The smallest absolute Gasteiger partial charge is 0.318 e. The molecule has 2 aromatic heterocycles. The van der Waals surface area contributed by atoms with E-state index in [1.807, 2.05) is 26.8 Å². The van der Waals surface area contributed by atoms with E-state index < -0.39 is 5.92 Å². The number of ether oxygens (including phenoxy) is 1. The van der Waals surface area contributed by atoms with E-state index in [2.05, 4.69) is 15.1 Å². The van der Waals surface area contributed by atoms with E-state index in [1.165, 1.54) is 0 Å². The summed E-state index contributed by atoms with van der Waals surface area (Å²) in [5.74, 6) is -0.132. The maximum atomic E-state index is 12.0. The van der Waals surface area contributed by atoms with Gasteiger partial charge in [0.25, 0.3) is 0 Å². The van der Waals surface area contributed by atoms with Crippen molar-refractivity contribution in [1.82, 2.24) is 15.1 Å². The predicted molar refractivity (Wildman–Crippen MR) is 76.5 cm³/mol. The minimum atomic E-state index is -0.548. The zero-order valence-electron chi connectivity index (χ0n) is 12.7. The number of aryl methyl sites for hydroxylation is 1. The highest BCUT2D eigenvalue weighted by Crippen LogP contribution is 2.27. The highest BCUT2D eigenvalue weighted by molar-refractivity contribution is 5.77. The molecule has 0 fully saturated rings. The van der Waals surface area contributed by atoms with Crippen molar-refractivity contribution in [1.29, 1.82) is 0 Å². The lowest BCUT2D eigenvalue weighted by Gasteiger charge is -2.14. The molecule has 2 aromatic rings. The number of esters is 1. The van der Waals surface area contributed by atoms with Crippen LogP contribution in [0.25, 0.3) is 11.4 Å². The summed E-state index contributed by atoms with van der Waals surface area (Å²) < 4.78 is 10.4. The van der Waals surface area contributed by atoms with Gasteiger partial charge in [-0.15, -0.1) is 0 Å². The van der Waals surface area contributed by atoms with Crippen molar-refractivity contribution in [3.8, 4) is 11.4 Å². The summed E-state index contributed by atoms with van der Waals surface area (Å²) in [4.78, 5) is 20.4. The first kappa shape index (κ1) is 15.2. The molecular formula is C15H19N3O3. The molecule has 0 saturated carbocycles. The van der Waals surface area contributed by atoms with Gasteiger partial charge in [0.15, 0.2) is 0 Å². The van der Waals surface area contributed by atoms with Crippen LogP contribution < -0.4 is 0 Å². The molecule has 2 rings (SSSR count). The van der Waals surface area contributed by atoms with Gasteiger partial charge in [0, 0.05) is 18.0 Å². The third-order valence-corrected chi connectivity index (χ3v) is 3.18. The summed E-state index contributed by atoms with van der Waals surface area (Å²) >= 11 is 0. The van der Waals surface area contributed by atoms with E-state index in [4.69, 9.17) is 9.26 Å². The molecule has 0 aromatic carbocycles. The summed E-state index contributed by atoms with van der Waals surface area (Å²) in [6.45, 7) is 7.86. The Morgan fingerprint density at radius 3 is 2.81 bits per heavy atom. The fraction of sp³-hybridized carbons (Fsp3) is 0.467. The van der Waals surface area contributed by atoms with Crippen LogP contribution in [0, 0.1) is 12.8 Å². The van der Waals surface area contributed by atoms with E-state index >= 15 is 0 Å². The van der Waals surface area contributed by atoms with Gasteiger partial charge in [-0.2, -0.15) is 4.98 Å². The topological polar surface area (TPSA) is 78.1 Å². The van der Waals surface area contributed by atoms with Crippen LogP contribution in [-0.2, 0) is 9.53 Å². The Morgan fingerprint density at radius 2 is 2.19 bits per heavy atom. The number of carbonyl (C=O) groups is 1. The van der Waals surface area contributed by atoms with Gasteiger partial charge >= 0.3 is 5.97 Å². The van der Waals surface area contributed by atoms with Crippen LogP contribution in [0.1, 0.15) is 38.1 Å². The van der Waals surface area contributed by atoms with E-state index in [0.717, 1.165) is 11.1 Å². The molecule has 1 atom stereocenters. The van der Waals surface area contributed by atoms with Gasteiger partial charge in [0.2, 0.25) is 11.7 Å². The third-order valence-electron chi connectivity index (χ3n) is 3.18. The highest BCUT2D eigenvalue weighted by Gasteiger charge is 2.31. The van der Waals surface area contributed by atoms with Crippen LogP contribution in [0.4, 0.5) is 0 Å². The Balaban J connectivity index is 2.33. The first-order valence-electron chi connectivity index (χ1n) is 6.95. The standard InChI is InChI=1S/C15H19N3O3/c1-5-20-15(19)12(9(2)3)14-17-13(18-21-14)11-6-7-16-8-10(11)4/h6-9,12H,5H2,1-4H3. The van der Waals surface area contributed by atoms with Crippen molar-refractivity contribution in [2.75, 3.05) is 6.61 Å². The van der Waals surface area contributed by atoms with Gasteiger partial charge < -0.3 is 9.26 Å². The van der Waals surface area contributed by atoms with Gasteiger partial charge in [-0.1, -0.05) is 19.0 Å². The van der Waals surface area contributed by atoms with Gasteiger partial charge in [-0.25, -0.2) is 0 Å². The predicted octanol–water partition coefficient (Wildman–Crippen LogP) is 2.74. The van der Waals surface area contributed by atoms with Crippen molar-refractivity contribution >= 4 is 5.97 Å². The van der Waals surface area contributed by atoms with Crippen LogP contribution in [0.3, 0.4) is 0 Å². The molecule has 1 unspecified atom stereocenters. The monoisotopic (exact) mass is 289 g/mol. The van der Waals surface area contributed by atoms with Gasteiger partial charge in [0.1, 0.15) is 5.92 Å². The first-order valence-corrected chi connectivity index (χ1v) is 6.95. The number of rotatable bonds is 5. The normalized spacial score (nSPS) is 12.4. The maximum absolute atomic E-state index is 12.0. The Hall–Kier alpha value is -2.24. The van der Waals surface area contributed by atoms with Gasteiger partial charge in [-0.05, 0) is 31.4 Å². The van der Waals surface area contributed by atoms with E-state index in [0.29, 0.717) is 12.4 Å². The largest absolute Gasteiger partial charge is 0.465 e. The van der Waals surface area contributed by atoms with E-state index in [9.17, 15) is 4.79 Å². The second-order valence-corrected chi connectivity index (χ2v) is 5.12. The molecule has 0 bridgehead atoms. The summed E-state index contributed by atoms with van der Waals surface area (Å²) in [5, 5.41) is 3.97. The summed E-state index contributed by atoms with van der Waals surface area (Å²) in [5.41, 5.74) is 1.79. The number of aromatic nitrogens is 3. The number of nitrogens with zero attached hydrogens (tertiary/aromatic N) is 3. The number of hydrogen-bond donors (Lipinski definition) is 0. The SMILES string of the molecule is CCOC(=O)C(c1nc(-c2ccncc2C)no1)C(C)C. The minimum Gasteiger partial charge on any atom is -0.465 e. The lowest BCUT2D eigenvalue weighted by Crippen LogP contribution is -2.21. The molecule has 21 heavy (non-hydrogen) atoms. The lowest BCUT2D eigenvalue weighted by molar-refractivity contribution is -0.146. The second kappa shape index (κ2) is 6.47. The first-order chi connectivity index (χ1) is 10.0. The molecule has 0 aliphatic rings. The Labute approximate surface area is 123 Å². The van der Waals surface area contributed by atoms with Crippen LogP contribution in [0.15, 0.2) is 23.0 Å².